The van der Waals surface area contributed by atoms with E-state index in [2.05, 4.69) is 20.7 Å². The first-order valence-electron chi connectivity index (χ1n) is 7.57. The summed E-state index contributed by atoms with van der Waals surface area (Å²) in [5, 5.41) is 31.1. The number of aromatic amines is 1. The summed E-state index contributed by atoms with van der Waals surface area (Å²) < 4.78 is 0. The first kappa shape index (κ1) is 18.1. The van der Waals surface area contributed by atoms with Gasteiger partial charge >= 0.3 is 5.69 Å². The van der Waals surface area contributed by atoms with E-state index in [9.17, 15) is 20.0 Å². The van der Waals surface area contributed by atoms with Crippen molar-refractivity contribution in [3.8, 4) is 17.0 Å². The molecule has 1 aromatic heterocycles. The molecule has 0 saturated heterocycles. The van der Waals surface area contributed by atoms with Gasteiger partial charge < -0.3 is 5.11 Å². The van der Waals surface area contributed by atoms with E-state index in [0.717, 1.165) is 17.8 Å². The van der Waals surface area contributed by atoms with Gasteiger partial charge in [0.25, 0.3) is 5.91 Å². The van der Waals surface area contributed by atoms with Gasteiger partial charge in [-0.05, 0) is 12.1 Å². The molecule has 0 saturated carbocycles. The Hall–Kier alpha value is -3.72. The lowest BCUT2D eigenvalue weighted by molar-refractivity contribution is -0.385. The van der Waals surface area contributed by atoms with Crippen molar-refractivity contribution in [1.29, 1.82) is 0 Å². The molecule has 0 fully saturated rings. The van der Waals surface area contributed by atoms with Crippen molar-refractivity contribution in [3.63, 3.8) is 0 Å². The molecule has 3 N–H and O–H groups in total. The quantitative estimate of drug-likeness (QED) is 0.352. The third-order valence-electron chi connectivity index (χ3n) is 3.54. The second-order valence-corrected chi connectivity index (χ2v) is 5.79. The molecule has 0 aliphatic carbocycles. The maximum atomic E-state index is 12.1. The fourth-order valence-electron chi connectivity index (χ4n) is 2.26. The number of hydrogen-bond donors (Lipinski definition) is 3. The van der Waals surface area contributed by atoms with Crippen LogP contribution in [0, 0.1) is 10.1 Å². The number of phenolic OH excluding ortho intramolecular Hbond substituents is 1. The topological polar surface area (TPSA) is 134 Å². The molecule has 136 valence electrons. The van der Waals surface area contributed by atoms with E-state index in [4.69, 9.17) is 11.6 Å². The minimum Gasteiger partial charge on any atom is -0.502 e. The third-order valence-corrected chi connectivity index (χ3v) is 3.76. The molecule has 0 spiro atoms. The number of hydrogen-bond acceptors (Lipinski definition) is 6. The van der Waals surface area contributed by atoms with Crippen LogP contribution in [0.1, 0.15) is 16.1 Å². The van der Waals surface area contributed by atoms with Gasteiger partial charge in [-0.2, -0.15) is 10.2 Å². The number of carbonyl (C=O) groups is 1. The van der Waals surface area contributed by atoms with Gasteiger partial charge in [0.15, 0.2) is 0 Å². The maximum absolute atomic E-state index is 12.1. The molecule has 2 aromatic carbocycles. The summed E-state index contributed by atoms with van der Waals surface area (Å²) in [7, 11) is 0. The molecule has 10 heteroatoms. The lowest BCUT2D eigenvalue weighted by Gasteiger charge is -2.01. The molecule has 0 unspecified atom stereocenters. The smallest absolute Gasteiger partial charge is 0.312 e. The SMILES string of the molecule is O=C(N/N=C/c1cc(Cl)cc([N+](=O)[O-])c1O)c1cc(-c2ccccc2)n[nH]1. The van der Waals surface area contributed by atoms with Crippen LogP contribution in [0.2, 0.25) is 5.02 Å². The van der Waals surface area contributed by atoms with Crippen LogP contribution in [0.15, 0.2) is 53.6 Å². The summed E-state index contributed by atoms with van der Waals surface area (Å²) in [4.78, 5) is 22.2. The molecule has 0 bridgehead atoms. The van der Waals surface area contributed by atoms with Gasteiger partial charge in [0.05, 0.1) is 16.8 Å². The zero-order valence-corrected chi connectivity index (χ0v) is 14.3. The van der Waals surface area contributed by atoms with E-state index in [1.165, 1.54) is 6.07 Å². The number of rotatable bonds is 5. The minimum atomic E-state index is -0.771. The van der Waals surface area contributed by atoms with Crippen LogP contribution in [0.25, 0.3) is 11.3 Å². The number of aromatic nitrogens is 2. The number of nitrogens with zero attached hydrogens (tertiary/aromatic N) is 3. The molecule has 0 atom stereocenters. The summed E-state index contributed by atoms with van der Waals surface area (Å²) in [6, 6.07) is 13.1. The van der Waals surface area contributed by atoms with E-state index >= 15 is 0 Å². The average Bonchev–Trinajstić information content (AvgIpc) is 3.15. The van der Waals surface area contributed by atoms with Crippen molar-refractivity contribution in [2.75, 3.05) is 0 Å². The minimum absolute atomic E-state index is 0.0101. The second-order valence-electron chi connectivity index (χ2n) is 5.35. The Morgan fingerprint density at radius 1 is 1.30 bits per heavy atom. The number of amides is 1. The second kappa shape index (κ2) is 7.67. The number of hydrazone groups is 1. The first-order chi connectivity index (χ1) is 13.0. The van der Waals surface area contributed by atoms with Gasteiger partial charge in [-0.15, -0.1) is 0 Å². The Kier molecular flexibility index (Phi) is 5.13. The Bertz CT molecular complexity index is 1030. The third kappa shape index (κ3) is 4.10. The largest absolute Gasteiger partial charge is 0.502 e. The van der Waals surface area contributed by atoms with E-state index in [0.29, 0.717) is 5.69 Å². The van der Waals surface area contributed by atoms with Gasteiger partial charge in [-0.1, -0.05) is 41.9 Å². The van der Waals surface area contributed by atoms with Crippen molar-refractivity contribution in [1.82, 2.24) is 15.6 Å². The van der Waals surface area contributed by atoms with Crippen molar-refractivity contribution in [2.45, 2.75) is 0 Å². The summed E-state index contributed by atoms with van der Waals surface area (Å²) in [6.07, 6.45) is 1.06. The predicted octanol–water partition coefficient (Wildman–Crippen LogP) is 3.11. The van der Waals surface area contributed by atoms with E-state index < -0.39 is 22.3 Å². The highest BCUT2D eigenvalue weighted by Crippen LogP contribution is 2.32. The number of H-pyrrole nitrogens is 1. The molecule has 1 amide bonds. The molecule has 0 aliphatic rings. The summed E-state index contributed by atoms with van der Waals surface area (Å²) >= 11 is 5.79. The zero-order valence-electron chi connectivity index (χ0n) is 13.6. The van der Waals surface area contributed by atoms with Gasteiger partial charge in [-0.3, -0.25) is 20.0 Å². The lowest BCUT2D eigenvalue weighted by Crippen LogP contribution is -2.18. The normalized spacial score (nSPS) is 10.9. The molecule has 3 rings (SSSR count). The average molecular weight is 386 g/mol. The van der Waals surface area contributed by atoms with Crippen LogP contribution in [0.3, 0.4) is 0 Å². The van der Waals surface area contributed by atoms with Crippen LogP contribution in [0.4, 0.5) is 5.69 Å². The number of carbonyl (C=O) groups excluding carboxylic acids is 1. The van der Waals surface area contributed by atoms with Crippen LogP contribution in [-0.4, -0.2) is 32.3 Å². The first-order valence-corrected chi connectivity index (χ1v) is 7.94. The highest BCUT2D eigenvalue weighted by Gasteiger charge is 2.18. The molecule has 3 aromatic rings. The van der Waals surface area contributed by atoms with E-state index in [-0.39, 0.29) is 16.3 Å². The molecule has 9 nitrogen and oxygen atoms in total. The highest BCUT2D eigenvalue weighted by atomic mass is 35.5. The molecule has 0 radical (unpaired) electrons. The van der Waals surface area contributed by atoms with Crippen LogP contribution in [0.5, 0.6) is 5.75 Å². The number of benzene rings is 2. The van der Waals surface area contributed by atoms with Crippen molar-refractivity contribution >= 4 is 29.4 Å². The Labute approximate surface area is 157 Å². The summed E-state index contributed by atoms with van der Waals surface area (Å²) in [6.45, 7) is 0. The number of nitrogens with one attached hydrogen (secondary N) is 2. The summed E-state index contributed by atoms with van der Waals surface area (Å²) in [5.41, 5.74) is 3.28. The van der Waals surface area contributed by atoms with Gasteiger partial charge in [-0.25, -0.2) is 5.43 Å². The number of aromatic hydroxyl groups is 1. The van der Waals surface area contributed by atoms with Crippen molar-refractivity contribution in [3.05, 3.63) is 74.9 Å². The van der Waals surface area contributed by atoms with Gasteiger partial charge in [0.2, 0.25) is 5.75 Å². The van der Waals surface area contributed by atoms with E-state index in [1.54, 1.807) is 6.07 Å². The van der Waals surface area contributed by atoms with Gasteiger partial charge in [0, 0.05) is 22.2 Å². The zero-order chi connectivity index (χ0) is 19.4. The van der Waals surface area contributed by atoms with Crippen molar-refractivity contribution < 1.29 is 14.8 Å². The number of halogens is 1. The monoisotopic (exact) mass is 385 g/mol. The standard InChI is InChI=1S/C17H12ClN5O4/c18-12-6-11(16(24)15(7-12)23(26)27)9-19-22-17(25)14-8-13(20-21-14)10-4-2-1-3-5-10/h1-9,24H,(H,20,21)(H,22,25)/b19-9+. The number of nitro benzene ring substituents is 1. The van der Waals surface area contributed by atoms with Crippen LogP contribution in [-0.2, 0) is 0 Å². The van der Waals surface area contributed by atoms with Crippen LogP contribution < -0.4 is 5.43 Å². The molecule has 0 aliphatic heterocycles. The van der Waals surface area contributed by atoms with Gasteiger partial charge in [0.1, 0.15) is 5.69 Å². The molecular formula is C17H12ClN5O4. The fourth-order valence-corrected chi connectivity index (χ4v) is 2.48. The number of phenols is 1. The molecule has 1 heterocycles. The van der Waals surface area contributed by atoms with Crippen LogP contribution >= 0.6 is 11.6 Å². The Morgan fingerprint density at radius 3 is 2.74 bits per heavy atom. The maximum Gasteiger partial charge on any atom is 0.312 e. The lowest BCUT2D eigenvalue weighted by atomic mass is 10.1. The molecule has 27 heavy (non-hydrogen) atoms. The Balaban J connectivity index is 1.73. The van der Waals surface area contributed by atoms with Crippen molar-refractivity contribution in [2.24, 2.45) is 5.10 Å². The molecular weight excluding hydrogens is 374 g/mol. The number of nitro groups is 1. The summed E-state index contributed by atoms with van der Waals surface area (Å²) in [5.74, 6) is -1.17. The Morgan fingerprint density at radius 2 is 2.04 bits per heavy atom. The van der Waals surface area contributed by atoms with E-state index in [1.807, 2.05) is 30.3 Å². The fraction of sp³-hybridized carbons (Fsp3) is 0. The predicted molar refractivity (Wildman–Crippen MR) is 98.9 cm³/mol. The highest BCUT2D eigenvalue weighted by molar-refractivity contribution is 6.31.